The van der Waals surface area contributed by atoms with Gasteiger partial charge in [0.2, 0.25) is 0 Å². The molecule has 13 nitrogen and oxygen atoms in total. The number of hydrogen-bond acceptors (Lipinski definition) is 12. The van der Waals surface area contributed by atoms with Crippen LogP contribution in [0.3, 0.4) is 0 Å². The minimum atomic E-state index is -1.56. The molecule has 3 N–H and O–H groups in total. The number of aromatic nitrogens is 3. The smallest absolute Gasteiger partial charge is 0.331 e. The van der Waals surface area contributed by atoms with Crippen LogP contribution in [0, 0.1) is 13.8 Å². The number of aryl methyl sites for hydroxylation is 1. The maximum atomic E-state index is 13.0. The van der Waals surface area contributed by atoms with Gasteiger partial charge in [-0.05, 0) is 38.8 Å². The van der Waals surface area contributed by atoms with E-state index in [1.165, 1.54) is 6.20 Å². The van der Waals surface area contributed by atoms with Crippen LogP contribution in [0.2, 0.25) is 0 Å². The van der Waals surface area contributed by atoms with Crippen LogP contribution in [-0.2, 0) is 36.2 Å². The molecule has 38 heavy (non-hydrogen) atoms. The number of nitrogens with zero attached hydrogens (tertiary/aromatic N) is 3. The van der Waals surface area contributed by atoms with Gasteiger partial charge in [0.25, 0.3) is 0 Å². The number of carbonyl (C=O) groups is 2. The number of nitrogens with one attached hydrogen (secondary N) is 1. The fraction of sp³-hybridized carbons (Fsp3) is 0.417. The molecule has 0 aliphatic rings. The number of fused-ring (bicyclic) bond motifs is 1. The van der Waals surface area contributed by atoms with Crippen molar-refractivity contribution in [1.29, 1.82) is 0 Å². The van der Waals surface area contributed by atoms with Crippen molar-refractivity contribution in [2.45, 2.75) is 50.4 Å². The first-order valence-corrected chi connectivity index (χ1v) is 13.0. The minimum Gasteiger partial charge on any atom is -0.609 e. The van der Waals surface area contributed by atoms with Crippen molar-refractivity contribution in [3.8, 4) is 11.5 Å². The first-order chi connectivity index (χ1) is 18.2. The predicted molar refractivity (Wildman–Crippen MR) is 133 cm³/mol. The Morgan fingerprint density at radius 2 is 1.95 bits per heavy atom. The maximum absolute atomic E-state index is 13.0. The van der Waals surface area contributed by atoms with E-state index in [-0.39, 0.29) is 48.1 Å². The lowest BCUT2D eigenvalue weighted by molar-refractivity contribution is -0.489. The molecular weight excluding hydrogens is 520 g/mol. The van der Waals surface area contributed by atoms with Gasteiger partial charge >= 0.3 is 17.1 Å². The molecule has 1 atom stereocenters. The quantitative estimate of drug-likeness (QED) is 0.116. The SMILES string of the molecule is COc1ccc2[nH]c([S+]([O-])Cc3ncc(C)c(OC(=O)CCC(=O)ON(O)OCCCCO)c3C)nc2c1. The van der Waals surface area contributed by atoms with Crippen LogP contribution >= 0.6 is 0 Å². The minimum absolute atomic E-state index is 0.0240. The van der Waals surface area contributed by atoms with E-state index in [1.807, 2.05) is 0 Å². The Labute approximate surface area is 221 Å². The zero-order chi connectivity index (χ0) is 27.7. The van der Waals surface area contributed by atoms with E-state index in [1.54, 1.807) is 39.2 Å². The lowest BCUT2D eigenvalue weighted by Crippen LogP contribution is -2.25. The highest BCUT2D eigenvalue weighted by atomic mass is 32.2. The third-order valence-electron chi connectivity index (χ3n) is 5.38. The predicted octanol–water partition coefficient (Wildman–Crippen LogP) is 2.43. The van der Waals surface area contributed by atoms with E-state index in [4.69, 9.17) is 19.4 Å². The van der Waals surface area contributed by atoms with E-state index in [2.05, 4.69) is 19.8 Å². The van der Waals surface area contributed by atoms with Gasteiger partial charge in [-0.15, -0.1) is 0 Å². The van der Waals surface area contributed by atoms with Crippen molar-refractivity contribution in [2.24, 2.45) is 0 Å². The second-order valence-electron chi connectivity index (χ2n) is 8.20. The molecule has 0 aliphatic carbocycles. The van der Waals surface area contributed by atoms with Gasteiger partial charge in [0.15, 0.2) is 5.75 Å². The van der Waals surface area contributed by atoms with Crippen molar-refractivity contribution in [3.05, 3.63) is 41.2 Å². The summed E-state index contributed by atoms with van der Waals surface area (Å²) in [5.41, 5.74) is 2.91. The second-order valence-corrected chi connectivity index (χ2v) is 9.56. The van der Waals surface area contributed by atoms with Crippen LogP contribution in [0.4, 0.5) is 0 Å². The number of aromatic amines is 1. The summed E-state index contributed by atoms with van der Waals surface area (Å²) in [5.74, 6) is -0.686. The first kappa shape index (κ1) is 29.3. The zero-order valence-electron chi connectivity index (χ0n) is 21.3. The molecule has 0 spiro atoms. The van der Waals surface area contributed by atoms with Gasteiger partial charge in [0.05, 0.1) is 43.3 Å². The molecule has 2 aromatic heterocycles. The Balaban J connectivity index is 1.57. The Hall–Kier alpha value is -3.27. The largest absolute Gasteiger partial charge is 0.609 e. The van der Waals surface area contributed by atoms with Gasteiger partial charge in [0, 0.05) is 41.2 Å². The number of benzene rings is 1. The number of ether oxygens (including phenoxy) is 2. The molecule has 0 saturated carbocycles. The topological polar surface area (TPSA) is 179 Å². The van der Waals surface area contributed by atoms with Crippen LogP contribution in [0.15, 0.2) is 29.6 Å². The number of H-pyrrole nitrogens is 1. The standard InChI is InChI=1S/C24H30N4O9S/c1-15-13-25-20(14-38(33)24-26-18-7-6-17(34-3)12-19(18)27-24)16(2)23(15)36-21(30)8-9-22(31)37-28(32)35-11-5-4-10-29/h6-7,12-13,29,32H,4-5,8-11,14H2,1-3H3,(H,26,27). The lowest BCUT2D eigenvalue weighted by atomic mass is 10.1. The van der Waals surface area contributed by atoms with E-state index in [0.717, 1.165) is 0 Å². The molecule has 3 rings (SSSR count). The Bertz CT molecular complexity index is 1250. The zero-order valence-corrected chi connectivity index (χ0v) is 22.1. The van der Waals surface area contributed by atoms with Crippen molar-refractivity contribution < 1.29 is 43.6 Å². The van der Waals surface area contributed by atoms with Gasteiger partial charge < -0.3 is 24.0 Å². The number of pyridine rings is 1. The number of unbranched alkanes of at least 4 members (excludes halogenated alkanes) is 1. The van der Waals surface area contributed by atoms with Crippen molar-refractivity contribution in [2.75, 3.05) is 20.3 Å². The summed E-state index contributed by atoms with van der Waals surface area (Å²) in [4.78, 5) is 45.2. The summed E-state index contributed by atoms with van der Waals surface area (Å²) in [6.07, 6.45) is 1.74. The summed E-state index contributed by atoms with van der Waals surface area (Å²) >= 11 is -1.56. The maximum Gasteiger partial charge on any atom is 0.331 e. The molecule has 1 unspecified atom stereocenters. The summed E-state index contributed by atoms with van der Waals surface area (Å²) < 4.78 is 23.7. The number of aliphatic hydroxyl groups is 1. The van der Waals surface area contributed by atoms with Gasteiger partial charge in [-0.1, -0.05) is 0 Å². The fourth-order valence-electron chi connectivity index (χ4n) is 3.33. The van der Waals surface area contributed by atoms with E-state index in [0.29, 0.717) is 46.4 Å². The van der Waals surface area contributed by atoms with Gasteiger partial charge in [-0.2, -0.15) is 4.98 Å². The molecular formula is C24H30N4O9S. The van der Waals surface area contributed by atoms with Gasteiger partial charge in [-0.3, -0.25) is 24.8 Å². The normalized spacial score (nSPS) is 12.1. The molecule has 0 radical (unpaired) electrons. The number of carbonyl (C=O) groups excluding carboxylic acids is 2. The second kappa shape index (κ2) is 14.0. The monoisotopic (exact) mass is 550 g/mol. The highest BCUT2D eigenvalue weighted by Crippen LogP contribution is 2.28. The fourth-order valence-corrected chi connectivity index (χ4v) is 4.43. The number of methoxy groups -OCH3 is 1. The van der Waals surface area contributed by atoms with Gasteiger partial charge in [0.1, 0.15) is 16.9 Å². The molecule has 0 aliphatic heterocycles. The molecule has 14 heteroatoms. The molecule has 1 aromatic carbocycles. The van der Waals surface area contributed by atoms with Crippen LogP contribution in [0.25, 0.3) is 11.0 Å². The summed E-state index contributed by atoms with van der Waals surface area (Å²) in [5, 5.41) is 18.3. The number of aliphatic hydroxyl groups excluding tert-OH is 1. The van der Waals surface area contributed by atoms with E-state index >= 15 is 0 Å². The summed E-state index contributed by atoms with van der Waals surface area (Å²) in [6.45, 7) is 3.42. The number of imidazole rings is 1. The van der Waals surface area contributed by atoms with Crippen molar-refractivity contribution in [3.63, 3.8) is 0 Å². The van der Waals surface area contributed by atoms with Crippen molar-refractivity contribution in [1.82, 2.24) is 20.3 Å². The molecule has 2 heterocycles. The number of esters is 1. The summed E-state index contributed by atoms with van der Waals surface area (Å²) in [6, 6.07) is 5.29. The third-order valence-corrected chi connectivity index (χ3v) is 6.54. The van der Waals surface area contributed by atoms with E-state index < -0.39 is 23.1 Å². The number of rotatable bonds is 14. The van der Waals surface area contributed by atoms with Crippen LogP contribution in [-0.4, -0.2) is 67.5 Å². The Kier molecular flexibility index (Phi) is 10.8. The average molecular weight is 551 g/mol. The highest BCUT2D eigenvalue weighted by Gasteiger charge is 2.23. The highest BCUT2D eigenvalue weighted by molar-refractivity contribution is 7.90. The Morgan fingerprint density at radius 1 is 1.18 bits per heavy atom. The molecule has 3 aromatic rings. The van der Waals surface area contributed by atoms with Crippen molar-refractivity contribution >= 4 is 34.1 Å². The number of hydrogen-bond donors (Lipinski definition) is 3. The van der Waals surface area contributed by atoms with Crippen LogP contribution in [0.1, 0.15) is 42.5 Å². The van der Waals surface area contributed by atoms with Crippen LogP contribution in [0.5, 0.6) is 11.5 Å². The third kappa shape index (κ3) is 8.11. The molecule has 0 amide bonds. The lowest BCUT2D eigenvalue weighted by Gasteiger charge is -2.15. The van der Waals surface area contributed by atoms with Crippen LogP contribution < -0.4 is 9.47 Å². The average Bonchev–Trinajstić information content (AvgIpc) is 3.33. The molecule has 0 saturated heterocycles. The first-order valence-electron chi connectivity index (χ1n) is 11.7. The van der Waals surface area contributed by atoms with E-state index in [9.17, 15) is 19.3 Å². The van der Waals surface area contributed by atoms with Gasteiger partial charge in [-0.25, -0.2) is 4.84 Å². The summed E-state index contributed by atoms with van der Waals surface area (Å²) in [7, 11) is 1.55. The molecule has 206 valence electrons. The molecule has 0 bridgehead atoms. The molecule has 0 fully saturated rings. The Morgan fingerprint density at radius 3 is 2.68 bits per heavy atom.